The normalized spacial score (nSPS) is 28.3. The van der Waals surface area contributed by atoms with Gasteiger partial charge in [-0.15, -0.1) is 0 Å². The van der Waals surface area contributed by atoms with Crippen LogP contribution in [0.1, 0.15) is 48.2 Å². The predicted octanol–water partition coefficient (Wildman–Crippen LogP) is 2.54. The second-order valence-corrected chi connectivity index (χ2v) is 10.6. The van der Waals surface area contributed by atoms with Gasteiger partial charge in [-0.25, -0.2) is 0 Å². The van der Waals surface area contributed by atoms with Crippen molar-refractivity contribution in [3.8, 4) is 0 Å². The summed E-state index contributed by atoms with van der Waals surface area (Å²) >= 11 is 0. The van der Waals surface area contributed by atoms with Gasteiger partial charge in [-0.2, -0.15) is 0 Å². The van der Waals surface area contributed by atoms with Crippen molar-refractivity contribution in [2.24, 2.45) is 17.8 Å². The highest BCUT2D eigenvalue weighted by Gasteiger charge is 2.56. The van der Waals surface area contributed by atoms with Crippen molar-refractivity contribution in [1.29, 1.82) is 0 Å². The van der Waals surface area contributed by atoms with Crippen molar-refractivity contribution >= 4 is 12.0 Å². The number of hydrogen-bond donors (Lipinski definition) is 2. The summed E-state index contributed by atoms with van der Waals surface area (Å²) < 4.78 is 1.88. The van der Waals surface area contributed by atoms with E-state index in [0.29, 0.717) is 18.0 Å². The van der Waals surface area contributed by atoms with E-state index >= 15 is 0 Å². The van der Waals surface area contributed by atoms with Gasteiger partial charge in [0, 0.05) is 48.8 Å². The smallest absolute Gasteiger partial charge is 0.258 e. The number of rotatable bonds is 6. The number of aliphatic hydroxyl groups excluding tert-OH is 1. The van der Waals surface area contributed by atoms with Gasteiger partial charge in [0.15, 0.2) is 0 Å². The van der Waals surface area contributed by atoms with Crippen LogP contribution in [0.2, 0.25) is 0 Å². The maximum Gasteiger partial charge on any atom is 0.258 e. The molecule has 2 aliphatic carbocycles. The van der Waals surface area contributed by atoms with E-state index in [1.807, 2.05) is 29.7 Å². The molecule has 1 saturated heterocycles. The van der Waals surface area contributed by atoms with Crippen LogP contribution in [0.15, 0.2) is 47.3 Å². The largest absolute Gasteiger partial charge is 0.396 e. The van der Waals surface area contributed by atoms with E-state index in [4.69, 9.17) is 0 Å². The molecule has 3 heterocycles. The topological polar surface area (TPSA) is 74.6 Å². The lowest BCUT2D eigenvalue weighted by molar-refractivity contribution is -0.128. The monoisotopic (exact) mass is 459 g/mol. The minimum atomic E-state index is -0.358. The SMILES string of the molecule is C/C=C\c1ccc2n(c1=O)C[C@@H]1[C@@H](CO)[C@H](C(=O)NC3Cc4ccccc4C3)N(CC3CC3)[C@H]21. The second-order valence-electron chi connectivity index (χ2n) is 10.6. The highest BCUT2D eigenvalue weighted by molar-refractivity contribution is 5.83. The first-order valence-electron chi connectivity index (χ1n) is 12.7. The van der Waals surface area contributed by atoms with Crippen LogP contribution in [0.25, 0.3) is 6.08 Å². The first-order chi connectivity index (χ1) is 16.6. The van der Waals surface area contributed by atoms with Crippen molar-refractivity contribution < 1.29 is 9.90 Å². The maximum atomic E-state index is 13.7. The number of fused-ring (bicyclic) bond motifs is 4. The van der Waals surface area contributed by atoms with E-state index < -0.39 is 0 Å². The summed E-state index contributed by atoms with van der Waals surface area (Å²) in [6.07, 6.45) is 7.84. The molecule has 1 saturated carbocycles. The summed E-state index contributed by atoms with van der Waals surface area (Å²) in [5.41, 5.74) is 4.34. The number of carbonyl (C=O) groups is 1. The van der Waals surface area contributed by atoms with Crippen molar-refractivity contribution in [2.75, 3.05) is 13.2 Å². The second kappa shape index (κ2) is 8.51. The summed E-state index contributed by atoms with van der Waals surface area (Å²) in [7, 11) is 0. The molecule has 4 atom stereocenters. The quantitative estimate of drug-likeness (QED) is 0.696. The van der Waals surface area contributed by atoms with Gasteiger partial charge in [0.1, 0.15) is 0 Å². The number of nitrogens with one attached hydrogen (secondary N) is 1. The van der Waals surface area contributed by atoms with Crippen LogP contribution >= 0.6 is 0 Å². The van der Waals surface area contributed by atoms with Crippen LogP contribution in [0.5, 0.6) is 0 Å². The minimum Gasteiger partial charge on any atom is -0.396 e. The molecule has 6 heteroatoms. The van der Waals surface area contributed by atoms with Crippen LogP contribution in [-0.4, -0.2) is 45.7 Å². The van der Waals surface area contributed by atoms with E-state index in [9.17, 15) is 14.7 Å². The van der Waals surface area contributed by atoms with E-state index in [1.54, 1.807) is 0 Å². The number of aromatic nitrogens is 1. The van der Waals surface area contributed by atoms with Crippen LogP contribution in [0, 0.1) is 17.8 Å². The number of allylic oxidation sites excluding steroid dienone is 1. The van der Waals surface area contributed by atoms with Crippen molar-refractivity contribution in [2.45, 2.75) is 57.3 Å². The Morgan fingerprint density at radius 1 is 1.15 bits per heavy atom. The fourth-order valence-electron chi connectivity index (χ4n) is 6.68. The number of pyridine rings is 1. The van der Waals surface area contributed by atoms with E-state index in [2.05, 4.69) is 40.5 Å². The van der Waals surface area contributed by atoms with Crippen LogP contribution in [-0.2, 0) is 24.2 Å². The van der Waals surface area contributed by atoms with Gasteiger partial charge >= 0.3 is 0 Å². The van der Waals surface area contributed by atoms with Crippen molar-refractivity contribution in [3.63, 3.8) is 0 Å². The first-order valence-corrected chi connectivity index (χ1v) is 12.7. The van der Waals surface area contributed by atoms with E-state index in [1.165, 1.54) is 24.0 Å². The van der Waals surface area contributed by atoms with Crippen molar-refractivity contribution in [3.05, 3.63) is 75.2 Å². The Labute approximate surface area is 200 Å². The molecule has 4 aliphatic rings. The third kappa shape index (κ3) is 3.55. The van der Waals surface area contributed by atoms with Crippen molar-refractivity contribution in [1.82, 2.24) is 14.8 Å². The molecule has 2 aromatic rings. The zero-order valence-corrected chi connectivity index (χ0v) is 19.7. The number of benzene rings is 1. The molecule has 2 fully saturated rings. The average molecular weight is 460 g/mol. The van der Waals surface area contributed by atoms with Crippen LogP contribution < -0.4 is 10.9 Å². The Bertz CT molecular complexity index is 1170. The number of likely N-dealkylation sites (tertiary alicyclic amines) is 1. The number of hydrogen-bond acceptors (Lipinski definition) is 4. The zero-order valence-electron chi connectivity index (χ0n) is 19.7. The molecular formula is C28H33N3O3. The lowest BCUT2D eigenvalue weighted by Crippen LogP contribution is -2.51. The van der Waals surface area contributed by atoms with Crippen LogP contribution in [0.4, 0.5) is 0 Å². The maximum absolute atomic E-state index is 13.7. The molecule has 2 N–H and O–H groups in total. The third-order valence-electron chi connectivity index (χ3n) is 8.40. The van der Waals surface area contributed by atoms with Gasteiger partial charge < -0.3 is 15.0 Å². The molecule has 6 rings (SSSR count). The van der Waals surface area contributed by atoms with Gasteiger partial charge in [0.2, 0.25) is 5.91 Å². The summed E-state index contributed by atoms with van der Waals surface area (Å²) in [5, 5.41) is 13.8. The Balaban J connectivity index is 1.30. The lowest BCUT2D eigenvalue weighted by atomic mass is 9.88. The van der Waals surface area contributed by atoms with Gasteiger partial charge in [-0.05, 0) is 61.8 Å². The summed E-state index contributed by atoms with van der Waals surface area (Å²) in [6, 6.07) is 12.1. The Morgan fingerprint density at radius 2 is 1.88 bits per heavy atom. The van der Waals surface area contributed by atoms with E-state index in [0.717, 1.165) is 25.1 Å². The standard InChI is InChI=1S/C28H33N3O3/c1-2-5-18-10-11-24-25-22(15-30(24)28(18)34)23(16-32)26(31(25)14-17-8-9-17)27(33)29-21-12-19-6-3-4-7-20(19)13-21/h2-7,10-11,17,21-23,25-26,32H,8-9,12-16H2,1H3,(H,29,33)/b5-2-/t22-,23-,25+,26-/m1/s1. The van der Waals surface area contributed by atoms with Gasteiger partial charge in [0.05, 0.1) is 12.1 Å². The zero-order chi connectivity index (χ0) is 23.4. The lowest BCUT2D eigenvalue weighted by Gasteiger charge is -2.31. The van der Waals surface area contributed by atoms with E-state index in [-0.39, 0.29) is 48.0 Å². The molecule has 6 nitrogen and oxygen atoms in total. The summed E-state index contributed by atoms with van der Waals surface area (Å²) in [4.78, 5) is 29.2. The first kappa shape index (κ1) is 21.8. The molecule has 1 aromatic heterocycles. The fraction of sp³-hybridized carbons (Fsp3) is 0.500. The molecule has 1 aromatic carbocycles. The third-order valence-corrected chi connectivity index (χ3v) is 8.40. The molecule has 2 aliphatic heterocycles. The number of amides is 1. The average Bonchev–Trinajstić information content (AvgIpc) is 3.30. The number of carbonyl (C=O) groups excluding carboxylic acids is 1. The fourth-order valence-corrected chi connectivity index (χ4v) is 6.68. The molecule has 34 heavy (non-hydrogen) atoms. The highest BCUT2D eigenvalue weighted by Crippen LogP contribution is 2.50. The van der Waals surface area contributed by atoms with Gasteiger partial charge in [0.25, 0.3) is 5.56 Å². The Kier molecular flexibility index (Phi) is 5.46. The Morgan fingerprint density at radius 3 is 2.53 bits per heavy atom. The number of aliphatic hydroxyl groups is 1. The summed E-state index contributed by atoms with van der Waals surface area (Å²) in [5.74, 6) is 0.518. The molecule has 178 valence electrons. The Hall–Kier alpha value is -2.70. The van der Waals surface area contributed by atoms with Gasteiger partial charge in [-0.3, -0.25) is 14.5 Å². The number of nitrogens with zero attached hydrogens (tertiary/aromatic N) is 2. The molecule has 0 spiro atoms. The van der Waals surface area contributed by atoms with Gasteiger partial charge in [-0.1, -0.05) is 36.4 Å². The highest BCUT2D eigenvalue weighted by atomic mass is 16.3. The molecular weight excluding hydrogens is 426 g/mol. The molecule has 0 radical (unpaired) electrons. The predicted molar refractivity (Wildman–Crippen MR) is 131 cm³/mol. The molecule has 0 unspecified atom stereocenters. The molecule has 0 bridgehead atoms. The summed E-state index contributed by atoms with van der Waals surface area (Å²) in [6.45, 7) is 3.29. The molecule has 1 amide bonds. The van der Waals surface area contributed by atoms with Crippen LogP contribution in [0.3, 0.4) is 0 Å². The minimum absolute atomic E-state index is 0.00151.